The summed E-state index contributed by atoms with van der Waals surface area (Å²) in [6, 6.07) is 7.49. The van der Waals surface area contributed by atoms with Gasteiger partial charge in [0.25, 0.3) is 0 Å². The first-order valence-electron chi connectivity index (χ1n) is 6.04. The molecule has 1 aliphatic heterocycles. The first-order valence-corrected chi connectivity index (χ1v) is 6.04. The van der Waals surface area contributed by atoms with E-state index in [4.69, 9.17) is 4.74 Å². The average molecular weight is 258 g/mol. The van der Waals surface area contributed by atoms with Crippen LogP contribution >= 0.6 is 0 Å². The lowest BCUT2D eigenvalue weighted by molar-refractivity contribution is 0.0663. The summed E-state index contributed by atoms with van der Waals surface area (Å²) < 4.78 is 7.58. The van der Waals surface area contributed by atoms with Crippen LogP contribution in [0, 0.1) is 0 Å². The molecular formula is C14H14N2O3. The molecule has 0 spiro atoms. The summed E-state index contributed by atoms with van der Waals surface area (Å²) in [7, 11) is 0. The van der Waals surface area contributed by atoms with Gasteiger partial charge < -0.3 is 14.4 Å². The van der Waals surface area contributed by atoms with Crippen molar-refractivity contribution in [3.8, 4) is 5.75 Å². The summed E-state index contributed by atoms with van der Waals surface area (Å²) in [5, 5.41) is 9.23. The number of imidazole rings is 1. The zero-order valence-corrected chi connectivity index (χ0v) is 10.7. The van der Waals surface area contributed by atoms with Gasteiger partial charge in [-0.1, -0.05) is 18.2 Å². The number of rotatable bonds is 2. The summed E-state index contributed by atoms with van der Waals surface area (Å²) >= 11 is 0. The van der Waals surface area contributed by atoms with Crippen molar-refractivity contribution < 1.29 is 14.6 Å². The van der Waals surface area contributed by atoms with Crippen LogP contribution < -0.4 is 4.74 Å². The van der Waals surface area contributed by atoms with Crippen LogP contribution in [0.25, 0.3) is 0 Å². The maximum absolute atomic E-state index is 11.3. The fraction of sp³-hybridized carbons (Fsp3) is 0.286. The lowest BCUT2D eigenvalue weighted by atomic mass is 9.94. The van der Waals surface area contributed by atoms with Crippen LogP contribution in [0.5, 0.6) is 5.75 Å². The molecule has 1 aromatic heterocycles. The lowest BCUT2D eigenvalue weighted by Crippen LogP contribution is -2.35. The normalized spacial score (nSPS) is 19.8. The number of carbonyl (C=O) groups is 1. The minimum Gasteiger partial charge on any atom is -0.485 e. The molecule has 5 nitrogen and oxygen atoms in total. The van der Waals surface area contributed by atoms with E-state index in [9.17, 15) is 9.90 Å². The third-order valence-corrected chi connectivity index (χ3v) is 3.41. The first-order chi connectivity index (χ1) is 9.00. The van der Waals surface area contributed by atoms with E-state index in [1.165, 1.54) is 6.20 Å². The molecule has 1 unspecified atom stereocenters. The van der Waals surface area contributed by atoms with E-state index in [2.05, 4.69) is 4.98 Å². The van der Waals surface area contributed by atoms with Crippen molar-refractivity contribution in [1.82, 2.24) is 9.55 Å². The Hall–Kier alpha value is -2.30. The van der Waals surface area contributed by atoms with Crippen molar-refractivity contribution in [1.29, 1.82) is 0 Å². The van der Waals surface area contributed by atoms with Crippen molar-refractivity contribution in [3.63, 3.8) is 0 Å². The standard InChI is InChI=1S/C14H14N2O3/c1-14(2)12(9-5-3-4-6-11(9)19-14)16-8-15-7-10(16)13(17)18/h3-8,12H,1-2H3,(H,17,18). The minimum absolute atomic E-state index is 0.165. The average Bonchev–Trinajstić information content (AvgIpc) is 2.88. The van der Waals surface area contributed by atoms with Gasteiger partial charge in [-0.15, -0.1) is 0 Å². The fourth-order valence-electron chi connectivity index (χ4n) is 2.67. The van der Waals surface area contributed by atoms with Gasteiger partial charge in [-0.25, -0.2) is 9.78 Å². The third kappa shape index (κ3) is 1.69. The van der Waals surface area contributed by atoms with Gasteiger partial charge in [-0.2, -0.15) is 0 Å². The molecule has 1 aromatic carbocycles. The Morgan fingerprint density at radius 3 is 2.89 bits per heavy atom. The van der Waals surface area contributed by atoms with E-state index in [1.54, 1.807) is 10.9 Å². The van der Waals surface area contributed by atoms with Gasteiger partial charge in [-0.3, -0.25) is 0 Å². The zero-order valence-electron chi connectivity index (χ0n) is 10.7. The number of carboxylic acids is 1. The highest BCUT2D eigenvalue weighted by Crippen LogP contribution is 2.45. The number of ether oxygens (including phenoxy) is 1. The number of aromatic carboxylic acids is 1. The molecule has 2 heterocycles. The van der Waals surface area contributed by atoms with Gasteiger partial charge in [0.15, 0.2) is 0 Å². The number of nitrogens with zero attached hydrogens (tertiary/aromatic N) is 2. The highest BCUT2D eigenvalue weighted by Gasteiger charge is 2.43. The summed E-state index contributed by atoms with van der Waals surface area (Å²) in [5.74, 6) is -0.194. The quantitative estimate of drug-likeness (QED) is 0.898. The van der Waals surface area contributed by atoms with Gasteiger partial charge in [0, 0.05) is 5.56 Å². The number of hydrogen-bond donors (Lipinski definition) is 1. The molecule has 0 aliphatic carbocycles. The van der Waals surface area contributed by atoms with Crippen LogP contribution in [0.3, 0.4) is 0 Å². The fourth-order valence-corrected chi connectivity index (χ4v) is 2.67. The largest absolute Gasteiger partial charge is 0.485 e. The summed E-state index contributed by atoms with van der Waals surface area (Å²) in [6.07, 6.45) is 2.90. The Labute approximate surface area is 110 Å². The number of aromatic nitrogens is 2. The first kappa shape index (κ1) is 11.8. The Kier molecular flexibility index (Phi) is 2.38. The highest BCUT2D eigenvalue weighted by atomic mass is 16.5. The maximum atomic E-state index is 11.3. The number of benzene rings is 1. The molecule has 1 N–H and O–H groups in total. The monoisotopic (exact) mass is 258 g/mol. The van der Waals surface area contributed by atoms with Crippen LogP contribution in [0.2, 0.25) is 0 Å². The summed E-state index contributed by atoms with van der Waals surface area (Å²) in [5.41, 5.74) is 0.626. The van der Waals surface area contributed by atoms with Crippen LogP contribution in [0.1, 0.15) is 35.9 Å². The Bertz CT molecular complexity index is 646. The molecule has 3 rings (SSSR count). The minimum atomic E-state index is -0.988. The molecule has 19 heavy (non-hydrogen) atoms. The zero-order chi connectivity index (χ0) is 13.6. The molecule has 1 aliphatic rings. The Morgan fingerprint density at radius 1 is 1.42 bits per heavy atom. The van der Waals surface area contributed by atoms with Crippen molar-refractivity contribution >= 4 is 5.97 Å². The Morgan fingerprint density at radius 2 is 2.16 bits per heavy atom. The molecule has 1 atom stereocenters. The van der Waals surface area contributed by atoms with E-state index in [0.29, 0.717) is 0 Å². The van der Waals surface area contributed by atoms with E-state index >= 15 is 0 Å². The number of fused-ring (bicyclic) bond motifs is 1. The second-order valence-electron chi connectivity index (χ2n) is 5.14. The molecule has 0 amide bonds. The van der Waals surface area contributed by atoms with E-state index in [-0.39, 0.29) is 11.7 Å². The van der Waals surface area contributed by atoms with E-state index in [0.717, 1.165) is 11.3 Å². The van der Waals surface area contributed by atoms with Crippen LogP contribution in [-0.2, 0) is 0 Å². The van der Waals surface area contributed by atoms with Crippen molar-refractivity contribution in [3.05, 3.63) is 48.0 Å². The molecule has 0 bridgehead atoms. The second-order valence-corrected chi connectivity index (χ2v) is 5.14. The van der Waals surface area contributed by atoms with Gasteiger partial charge in [0.05, 0.1) is 12.5 Å². The second kappa shape index (κ2) is 3.85. The van der Waals surface area contributed by atoms with Gasteiger partial charge in [0.1, 0.15) is 23.1 Å². The van der Waals surface area contributed by atoms with Crippen LogP contribution in [0.4, 0.5) is 0 Å². The molecule has 0 saturated carbocycles. The summed E-state index contributed by atoms with van der Waals surface area (Å²) in [4.78, 5) is 15.2. The molecule has 5 heteroatoms. The molecular weight excluding hydrogens is 244 g/mol. The third-order valence-electron chi connectivity index (χ3n) is 3.41. The predicted molar refractivity (Wildman–Crippen MR) is 68.5 cm³/mol. The van der Waals surface area contributed by atoms with Crippen molar-refractivity contribution in [2.24, 2.45) is 0 Å². The molecule has 0 fully saturated rings. The lowest BCUT2D eigenvalue weighted by Gasteiger charge is -2.28. The predicted octanol–water partition coefficient (Wildman–Crippen LogP) is 2.34. The number of hydrogen-bond acceptors (Lipinski definition) is 3. The van der Waals surface area contributed by atoms with E-state index < -0.39 is 11.6 Å². The molecule has 2 aromatic rings. The van der Waals surface area contributed by atoms with Gasteiger partial charge >= 0.3 is 5.97 Å². The SMILES string of the molecule is CC1(C)Oc2ccccc2C1n1cncc1C(=O)O. The highest BCUT2D eigenvalue weighted by molar-refractivity contribution is 5.85. The van der Waals surface area contributed by atoms with Crippen LogP contribution in [0.15, 0.2) is 36.8 Å². The van der Waals surface area contributed by atoms with Crippen LogP contribution in [-0.4, -0.2) is 26.2 Å². The molecule has 0 radical (unpaired) electrons. The Balaban J connectivity index is 2.18. The van der Waals surface area contributed by atoms with Crippen molar-refractivity contribution in [2.75, 3.05) is 0 Å². The maximum Gasteiger partial charge on any atom is 0.354 e. The topological polar surface area (TPSA) is 64.4 Å². The number of para-hydroxylation sites is 1. The smallest absolute Gasteiger partial charge is 0.354 e. The van der Waals surface area contributed by atoms with E-state index in [1.807, 2.05) is 38.1 Å². The van der Waals surface area contributed by atoms with Crippen molar-refractivity contribution in [2.45, 2.75) is 25.5 Å². The van der Waals surface area contributed by atoms with Gasteiger partial charge in [0.2, 0.25) is 0 Å². The summed E-state index contributed by atoms with van der Waals surface area (Å²) in [6.45, 7) is 3.90. The molecule has 0 saturated heterocycles. The molecule has 98 valence electrons. The number of carboxylic acid groups (broad SMARTS) is 1. The van der Waals surface area contributed by atoms with Gasteiger partial charge in [-0.05, 0) is 19.9 Å².